The molecule has 0 spiro atoms. The zero-order valence-corrected chi connectivity index (χ0v) is 19.7. The lowest BCUT2D eigenvalue weighted by atomic mass is 9.79. The van der Waals surface area contributed by atoms with Gasteiger partial charge in [0, 0.05) is 10.9 Å². The summed E-state index contributed by atoms with van der Waals surface area (Å²) in [5, 5.41) is 14.7. The van der Waals surface area contributed by atoms with E-state index in [1.165, 1.54) is 16.9 Å². The highest BCUT2D eigenvalue weighted by Crippen LogP contribution is 2.45. The summed E-state index contributed by atoms with van der Waals surface area (Å²) in [6, 6.07) is 8.07. The first kappa shape index (κ1) is 23.4. The number of carboxylic acid groups (broad SMARTS) is 1. The Bertz CT molecular complexity index is 1030. The maximum atomic E-state index is 13.1. The van der Waals surface area contributed by atoms with Crippen molar-refractivity contribution in [3.63, 3.8) is 0 Å². The van der Waals surface area contributed by atoms with Gasteiger partial charge in [-0.15, -0.1) is 11.3 Å². The van der Waals surface area contributed by atoms with E-state index in [1.807, 2.05) is 17.5 Å². The van der Waals surface area contributed by atoms with Gasteiger partial charge in [-0.3, -0.25) is 9.59 Å². The van der Waals surface area contributed by atoms with E-state index in [4.69, 9.17) is 9.47 Å². The zero-order valence-electron chi connectivity index (χ0n) is 18.8. The Kier molecular flexibility index (Phi) is 7.14. The Morgan fingerprint density at radius 3 is 2.45 bits per heavy atom. The number of esters is 1. The molecule has 2 bridgehead atoms. The van der Waals surface area contributed by atoms with Crippen LogP contribution in [0.3, 0.4) is 0 Å². The third kappa shape index (κ3) is 4.68. The third-order valence-corrected chi connectivity index (χ3v) is 7.35. The molecule has 2 aliphatic rings. The van der Waals surface area contributed by atoms with Crippen molar-refractivity contribution in [3.05, 3.63) is 40.8 Å². The van der Waals surface area contributed by atoms with E-state index in [2.05, 4.69) is 24.4 Å². The number of thiophene rings is 1. The monoisotopic (exact) mass is 471 g/mol. The number of amides is 1. The van der Waals surface area contributed by atoms with Crippen LogP contribution >= 0.6 is 11.3 Å². The Labute approximate surface area is 197 Å². The van der Waals surface area contributed by atoms with E-state index in [1.54, 1.807) is 6.92 Å². The van der Waals surface area contributed by atoms with Crippen LogP contribution in [0.25, 0.3) is 11.1 Å². The first-order valence-electron chi connectivity index (χ1n) is 11.5. The first-order valence-corrected chi connectivity index (χ1v) is 12.4. The van der Waals surface area contributed by atoms with Crippen molar-refractivity contribution in [2.75, 3.05) is 11.9 Å². The first-order chi connectivity index (χ1) is 15.9. The number of fused-ring (bicyclic) bond motifs is 2. The van der Waals surface area contributed by atoms with E-state index in [9.17, 15) is 19.5 Å². The van der Waals surface area contributed by atoms with Crippen LogP contribution in [0.1, 0.15) is 55.5 Å². The number of nitrogens with one attached hydrogen (secondary N) is 1. The Morgan fingerprint density at radius 2 is 1.82 bits per heavy atom. The largest absolute Gasteiger partial charge is 0.481 e. The molecule has 4 atom stereocenters. The Morgan fingerprint density at radius 1 is 1.12 bits per heavy atom. The lowest BCUT2D eigenvalue weighted by molar-refractivity contribution is -0.147. The van der Waals surface area contributed by atoms with E-state index in [-0.39, 0.29) is 6.61 Å². The van der Waals surface area contributed by atoms with Gasteiger partial charge in [-0.1, -0.05) is 37.6 Å². The second kappa shape index (κ2) is 10.1. The van der Waals surface area contributed by atoms with E-state index >= 15 is 0 Å². The summed E-state index contributed by atoms with van der Waals surface area (Å²) < 4.78 is 11.0. The number of benzene rings is 1. The minimum Gasteiger partial charge on any atom is -0.481 e. The standard InChI is InChI=1S/C25H29NO6S/c1-3-5-6-14-7-9-15(10-8-14)16-13-33-23(19(16)25(30)31-4-2)26-22(27)20-17-11-12-18(32-17)21(20)24(28)29/h7-10,13,17-18,20-21H,3-6,11-12H2,1-2H3,(H,26,27)(H,28,29)/t17-,18+,20-,21+/m1/s1. The van der Waals surface area contributed by atoms with Gasteiger partial charge < -0.3 is 19.9 Å². The Balaban J connectivity index is 1.61. The lowest BCUT2D eigenvalue weighted by Gasteiger charge is -2.23. The van der Waals surface area contributed by atoms with Crippen molar-refractivity contribution < 1.29 is 29.0 Å². The smallest absolute Gasteiger partial charge is 0.341 e. The molecule has 33 heavy (non-hydrogen) atoms. The van der Waals surface area contributed by atoms with Crippen LogP contribution < -0.4 is 5.32 Å². The van der Waals surface area contributed by atoms with Gasteiger partial charge in [0.2, 0.25) is 5.91 Å². The number of hydrogen-bond donors (Lipinski definition) is 2. The third-order valence-electron chi connectivity index (χ3n) is 6.45. The van der Waals surface area contributed by atoms with Gasteiger partial charge in [0.05, 0.1) is 30.7 Å². The molecule has 176 valence electrons. The fourth-order valence-electron chi connectivity index (χ4n) is 4.82. The molecule has 8 heteroatoms. The highest BCUT2D eigenvalue weighted by atomic mass is 32.1. The molecule has 1 aromatic heterocycles. The number of aryl methyl sites for hydroxylation is 1. The molecule has 2 N–H and O–H groups in total. The van der Waals surface area contributed by atoms with Crippen LogP contribution in [0.5, 0.6) is 0 Å². The highest BCUT2D eigenvalue weighted by molar-refractivity contribution is 7.15. The molecule has 3 heterocycles. The van der Waals surface area contributed by atoms with Crippen molar-refractivity contribution in [3.8, 4) is 11.1 Å². The maximum Gasteiger partial charge on any atom is 0.341 e. The quantitative estimate of drug-likeness (QED) is 0.512. The summed E-state index contributed by atoms with van der Waals surface area (Å²) in [6.07, 6.45) is 3.72. The van der Waals surface area contributed by atoms with Gasteiger partial charge in [-0.25, -0.2) is 4.79 Å². The number of carbonyl (C=O) groups excluding carboxylic acids is 2. The number of aliphatic carboxylic acids is 1. The highest BCUT2D eigenvalue weighted by Gasteiger charge is 2.55. The lowest BCUT2D eigenvalue weighted by Crippen LogP contribution is -2.41. The number of ether oxygens (including phenoxy) is 2. The molecule has 1 amide bonds. The predicted molar refractivity (Wildman–Crippen MR) is 125 cm³/mol. The number of rotatable bonds is 9. The molecular weight excluding hydrogens is 442 g/mol. The minimum absolute atomic E-state index is 0.207. The van der Waals surface area contributed by atoms with Crippen molar-refractivity contribution in [2.45, 2.75) is 58.2 Å². The SMILES string of the molecule is CCCCc1ccc(-c2csc(NC(=O)[C@H]3[C@@H](C(=O)O)[C@@H]4CC[C@H]3O4)c2C(=O)OCC)cc1. The summed E-state index contributed by atoms with van der Waals surface area (Å²) in [4.78, 5) is 37.8. The van der Waals surface area contributed by atoms with E-state index < -0.39 is 41.9 Å². The summed E-state index contributed by atoms with van der Waals surface area (Å²) in [6.45, 7) is 4.09. The molecule has 0 radical (unpaired) electrons. The number of unbranched alkanes of at least 4 members (excludes halogenated alkanes) is 1. The maximum absolute atomic E-state index is 13.1. The Hall–Kier alpha value is -2.71. The summed E-state index contributed by atoms with van der Waals surface area (Å²) >= 11 is 1.24. The molecule has 0 aliphatic carbocycles. The van der Waals surface area contributed by atoms with Gasteiger partial charge in [0.1, 0.15) is 10.6 Å². The minimum atomic E-state index is -1.03. The molecule has 0 saturated carbocycles. The second-order valence-corrected chi connectivity index (χ2v) is 9.42. The van der Waals surface area contributed by atoms with Gasteiger partial charge in [0.15, 0.2) is 0 Å². The molecule has 0 unspecified atom stereocenters. The molecule has 2 saturated heterocycles. The van der Waals surface area contributed by atoms with Crippen LogP contribution in [-0.2, 0) is 25.5 Å². The van der Waals surface area contributed by atoms with Crippen LogP contribution in [0, 0.1) is 11.8 Å². The number of carbonyl (C=O) groups is 3. The van der Waals surface area contributed by atoms with Gasteiger partial charge >= 0.3 is 11.9 Å². The van der Waals surface area contributed by atoms with Crippen molar-refractivity contribution in [2.24, 2.45) is 11.8 Å². The van der Waals surface area contributed by atoms with E-state index in [0.717, 1.165) is 24.8 Å². The number of carboxylic acids is 1. The zero-order chi connectivity index (χ0) is 23.5. The molecule has 7 nitrogen and oxygen atoms in total. The molecule has 4 rings (SSSR count). The predicted octanol–water partition coefficient (Wildman–Crippen LogP) is 4.75. The fraction of sp³-hybridized carbons (Fsp3) is 0.480. The molecule has 2 aromatic rings. The van der Waals surface area contributed by atoms with Crippen LogP contribution in [0.2, 0.25) is 0 Å². The van der Waals surface area contributed by atoms with Crippen molar-refractivity contribution in [1.29, 1.82) is 0 Å². The molecule has 2 fully saturated rings. The average Bonchev–Trinajstić information content (AvgIpc) is 3.52. The molecule has 2 aliphatic heterocycles. The number of hydrogen-bond acceptors (Lipinski definition) is 6. The summed E-state index contributed by atoms with van der Waals surface area (Å²) in [5.41, 5.74) is 3.09. The fourth-order valence-corrected chi connectivity index (χ4v) is 5.78. The van der Waals surface area contributed by atoms with Crippen molar-refractivity contribution in [1.82, 2.24) is 0 Å². The van der Waals surface area contributed by atoms with Gasteiger partial charge in [-0.2, -0.15) is 0 Å². The normalized spacial score (nSPS) is 23.5. The summed E-state index contributed by atoms with van der Waals surface area (Å²) in [7, 11) is 0. The topological polar surface area (TPSA) is 102 Å². The van der Waals surface area contributed by atoms with Gasteiger partial charge in [0.25, 0.3) is 0 Å². The number of anilines is 1. The van der Waals surface area contributed by atoms with Crippen LogP contribution in [0.15, 0.2) is 29.6 Å². The van der Waals surface area contributed by atoms with Crippen LogP contribution in [0.4, 0.5) is 5.00 Å². The molecular formula is C25H29NO6S. The summed E-state index contributed by atoms with van der Waals surface area (Å²) in [5.74, 6) is -3.62. The second-order valence-electron chi connectivity index (χ2n) is 8.54. The van der Waals surface area contributed by atoms with Gasteiger partial charge in [-0.05, 0) is 43.7 Å². The van der Waals surface area contributed by atoms with E-state index in [0.29, 0.717) is 29.0 Å². The van der Waals surface area contributed by atoms with Crippen molar-refractivity contribution >= 4 is 34.2 Å². The molecule has 1 aromatic carbocycles. The van der Waals surface area contributed by atoms with Crippen LogP contribution in [-0.4, -0.2) is 41.8 Å². The average molecular weight is 472 g/mol.